The Labute approximate surface area is 64.7 Å². The fraction of sp³-hybridized carbons (Fsp3) is 0.500. The van der Waals surface area contributed by atoms with Gasteiger partial charge >= 0.3 is 0 Å². The maximum absolute atomic E-state index is 10.4. The first-order valence-electron chi connectivity index (χ1n) is 2.23. The minimum Gasteiger partial charge on any atom is -0.274 e. The van der Waals surface area contributed by atoms with Gasteiger partial charge in [0.2, 0.25) is 11.8 Å². The lowest BCUT2D eigenvalue weighted by molar-refractivity contribution is -0.131. The highest BCUT2D eigenvalue weighted by Gasteiger charge is 2.26. The Morgan fingerprint density at radius 1 is 1.22 bits per heavy atom. The van der Waals surface area contributed by atoms with E-state index >= 15 is 0 Å². The van der Waals surface area contributed by atoms with Crippen LogP contribution in [0.1, 0.15) is 12.8 Å². The summed E-state index contributed by atoms with van der Waals surface area (Å²) in [5.74, 6) is -0.287. The van der Waals surface area contributed by atoms with Crippen molar-refractivity contribution >= 4 is 37.9 Å². The molecule has 0 bridgehead atoms. The third kappa shape index (κ3) is 1.73. The maximum atomic E-state index is 10.4. The van der Waals surface area contributed by atoms with E-state index < -0.39 is 0 Å². The van der Waals surface area contributed by atoms with E-state index in [1.165, 1.54) is 0 Å². The summed E-state index contributed by atoms with van der Waals surface area (Å²) in [5, 5.41) is 0. The number of hydrogen-bond donors (Lipinski definition) is 0. The third-order valence-corrected chi connectivity index (χ3v) is 1.78. The van der Waals surface area contributed by atoms with Gasteiger partial charge < -0.3 is 0 Å². The van der Waals surface area contributed by atoms with Gasteiger partial charge in [0.1, 0.15) is 0 Å². The molecule has 1 fully saturated rings. The van der Waals surface area contributed by atoms with Gasteiger partial charge in [-0.15, -0.1) is 0 Å². The van der Waals surface area contributed by atoms with E-state index in [1.807, 2.05) is 0 Å². The van der Waals surface area contributed by atoms with E-state index in [-0.39, 0.29) is 21.7 Å². The minimum atomic E-state index is -0.144. The lowest BCUT2D eigenvalue weighted by Gasteiger charge is -1.97. The molecule has 1 rings (SSSR count). The van der Waals surface area contributed by atoms with Crippen LogP contribution in [0, 0.1) is 0 Å². The molecule has 1 unspecified atom stereocenters. The summed E-state index contributed by atoms with van der Waals surface area (Å²) >= 11 is 2.80. The van der Waals surface area contributed by atoms with Crippen LogP contribution in [-0.4, -0.2) is 15.7 Å². The molecule has 9 heavy (non-hydrogen) atoms. The van der Waals surface area contributed by atoms with Crippen molar-refractivity contribution in [1.29, 1.82) is 0 Å². The summed E-state index contributed by atoms with van der Waals surface area (Å²) in [6, 6.07) is 0. The number of halogens is 1. The molecular weight excluding hydrogens is 205 g/mol. The predicted molar refractivity (Wildman–Crippen MR) is 41.1 cm³/mol. The topological polar surface area (TPSA) is 37.4 Å². The lowest BCUT2D eigenvalue weighted by atomic mass is 10.4. The van der Waals surface area contributed by atoms with Gasteiger partial charge in [0.15, 0.2) is 0 Å². The smallest absolute Gasteiger partial charge is 0.239 e. The number of amides is 2. The summed E-state index contributed by atoms with van der Waals surface area (Å²) < 4.78 is 0.979. The van der Waals surface area contributed by atoms with Crippen LogP contribution in [0.5, 0.6) is 0 Å². The zero-order chi connectivity index (χ0) is 6.15. The second kappa shape index (κ2) is 3.28. The molecule has 0 N–H and O–H groups in total. The highest BCUT2D eigenvalue weighted by Crippen LogP contribution is 2.14. The van der Waals surface area contributed by atoms with E-state index in [1.54, 1.807) is 0 Å². The van der Waals surface area contributed by atoms with Crippen LogP contribution in [0.3, 0.4) is 0 Å². The molecule has 0 aliphatic carbocycles. The molecule has 0 spiro atoms. The molecule has 1 aliphatic heterocycles. The van der Waals surface area contributed by atoms with Crippen LogP contribution in [0.25, 0.3) is 0 Å². The molecule has 0 aromatic rings. The fourth-order valence-electron chi connectivity index (χ4n) is 0.549. The molecule has 0 saturated carbocycles. The number of hydrogen-bond acceptors (Lipinski definition) is 2. The molecule has 52 valence electrons. The first kappa shape index (κ1) is 9.05. The first-order chi connectivity index (χ1) is 3.72. The molecule has 0 radical (unpaired) electrons. The first-order valence-corrected chi connectivity index (χ1v) is 2.94. The Morgan fingerprint density at radius 2 is 1.56 bits per heavy atom. The van der Waals surface area contributed by atoms with Crippen molar-refractivity contribution in [2.24, 2.45) is 0 Å². The van der Waals surface area contributed by atoms with Crippen molar-refractivity contribution in [2.45, 2.75) is 12.8 Å². The predicted octanol–water partition coefficient (Wildman–Crippen LogP) is 0.503. The molecule has 1 saturated heterocycles. The van der Waals surface area contributed by atoms with Crippen LogP contribution >= 0.6 is 26.0 Å². The molecule has 1 heterocycles. The van der Waals surface area contributed by atoms with Gasteiger partial charge in [-0.05, 0) is 0 Å². The number of imide groups is 1. The molecule has 1 atom stereocenters. The second-order valence-electron chi connectivity index (χ2n) is 1.57. The molecular formula is C4H7BrNO2P. The average molecular weight is 212 g/mol. The van der Waals surface area contributed by atoms with Gasteiger partial charge in [0.05, 0.1) is 16.1 Å². The average Bonchev–Trinajstić information content (AvgIpc) is 1.98. The van der Waals surface area contributed by atoms with E-state index in [9.17, 15) is 9.59 Å². The lowest BCUT2D eigenvalue weighted by Crippen LogP contribution is -2.16. The van der Waals surface area contributed by atoms with Crippen LogP contribution in [0.2, 0.25) is 0 Å². The fourth-order valence-corrected chi connectivity index (χ4v) is 0.904. The molecule has 1 aliphatic rings. The van der Waals surface area contributed by atoms with Crippen LogP contribution < -0.4 is 0 Å². The normalized spacial score (nSPS) is 18.1. The van der Waals surface area contributed by atoms with Gasteiger partial charge in [0, 0.05) is 12.8 Å². The quantitative estimate of drug-likeness (QED) is 0.333. The third-order valence-electron chi connectivity index (χ3n) is 0.991. The van der Waals surface area contributed by atoms with Crippen LogP contribution in [0.4, 0.5) is 0 Å². The van der Waals surface area contributed by atoms with Crippen molar-refractivity contribution in [3.05, 3.63) is 0 Å². The van der Waals surface area contributed by atoms with E-state index in [0.29, 0.717) is 12.8 Å². The van der Waals surface area contributed by atoms with Crippen molar-refractivity contribution in [3.63, 3.8) is 0 Å². The molecule has 5 heteroatoms. The number of nitrogens with zero attached hydrogens (tertiary/aromatic N) is 1. The number of carbonyl (C=O) groups is 2. The Bertz CT molecular complexity index is 134. The Kier molecular flexibility index (Phi) is 3.30. The Balaban J connectivity index is 0.000000640. The van der Waals surface area contributed by atoms with Crippen molar-refractivity contribution < 1.29 is 9.59 Å². The summed E-state index contributed by atoms with van der Waals surface area (Å²) in [4.78, 5) is 20.9. The number of rotatable bonds is 0. The Morgan fingerprint density at radius 3 is 1.67 bits per heavy atom. The zero-order valence-electron chi connectivity index (χ0n) is 4.76. The molecule has 2 amide bonds. The summed E-state index contributed by atoms with van der Waals surface area (Å²) in [5.41, 5.74) is 0. The highest BCUT2D eigenvalue weighted by atomic mass is 79.9. The maximum Gasteiger partial charge on any atom is 0.239 e. The van der Waals surface area contributed by atoms with Crippen molar-refractivity contribution in [2.75, 3.05) is 0 Å². The summed E-state index contributed by atoms with van der Waals surface area (Å²) in [7, 11) is 0. The molecule has 3 nitrogen and oxygen atoms in total. The zero-order valence-corrected chi connectivity index (χ0v) is 7.76. The van der Waals surface area contributed by atoms with Gasteiger partial charge in [-0.1, -0.05) is 0 Å². The van der Waals surface area contributed by atoms with Crippen molar-refractivity contribution in [3.8, 4) is 0 Å². The summed E-state index contributed by atoms with van der Waals surface area (Å²) in [6.45, 7) is 0. The second-order valence-corrected chi connectivity index (χ2v) is 2.28. The SMILES string of the molecule is O=C1CCC(=O)N1Br.P. The number of carbonyl (C=O) groups excluding carboxylic acids is 2. The van der Waals surface area contributed by atoms with Crippen LogP contribution in [0.15, 0.2) is 0 Å². The van der Waals surface area contributed by atoms with Gasteiger partial charge in [0.25, 0.3) is 0 Å². The van der Waals surface area contributed by atoms with Gasteiger partial charge in [-0.2, -0.15) is 9.90 Å². The van der Waals surface area contributed by atoms with Gasteiger partial charge in [-0.25, -0.2) is 3.93 Å². The largest absolute Gasteiger partial charge is 0.274 e. The van der Waals surface area contributed by atoms with E-state index in [0.717, 1.165) is 3.93 Å². The standard InChI is InChI=1S/C4H4BrNO2.H3P/c5-6-3(7)1-2-4(6)8;/h1-2H2;1H3. The minimum absolute atomic E-state index is 0. The highest BCUT2D eigenvalue weighted by molar-refractivity contribution is 9.08. The molecule has 0 aromatic carbocycles. The Hall–Kier alpha value is 0.0500. The van der Waals surface area contributed by atoms with Crippen molar-refractivity contribution in [1.82, 2.24) is 3.93 Å². The van der Waals surface area contributed by atoms with E-state index in [4.69, 9.17) is 0 Å². The van der Waals surface area contributed by atoms with E-state index in [2.05, 4.69) is 16.1 Å². The summed E-state index contributed by atoms with van der Waals surface area (Å²) in [6.07, 6.45) is 0.703. The van der Waals surface area contributed by atoms with Crippen LogP contribution in [-0.2, 0) is 9.59 Å². The monoisotopic (exact) mass is 211 g/mol. The van der Waals surface area contributed by atoms with Gasteiger partial charge in [-0.3, -0.25) is 9.59 Å². The molecule has 0 aromatic heterocycles.